The Morgan fingerprint density at radius 1 is 0.241 bits per heavy atom. The predicted molar refractivity (Wildman–Crippen MR) is 361 cm³/mol. The Morgan fingerprint density at radius 2 is 0.434 bits per heavy atom. The third-order valence-electron chi connectivity index (χ3n) is 13.4. The van der Waals surface area contributed by atoms with Crippen LogP contribution in [-0.2, 0) is 28.6 Å². The standard InChI is InChI=1S/C77H120O6/c1-4-7-10-13-16-19-22-25-28-30-32-34-35-36-37-38-39-40-41-43-44-46-49-52-55-58-61-64-67-70-76(79)82-73-74(72-81-75(78)69-66-63-60-57-54-51-48-27-24-21-18-15-12-9-6-3)83-77(80)71-68-65-62-59-56-53-50-47-45-42-33-31-29-26-23-20-17-14-11-8-5-2/h7-12,16-21,25-29,32-34,36-37,39-40,42,47-48,50,54,57,74H,4-6,13-15,22-24,30-31,35,38,41,43-46,49,51-53,55-56,58-73H2,1-3H3/b10-7-,11-8-,12-9-,19-16-,20-17-,21-18-,28-25-,29-26-,34-32-,37-36-,40-39-,42-33-,48-27-,50-47-,57-54-. The number of rotatable bonds is 58. The molecule has 0 heterocycles. The van der Waals surface area contributed by atoms with Crippen molar-refractivity contribution in [1.29, 1.82) is 0 Å². The highest BCUT2D eigenvalue weighted by Gasteiger charge is 2.19. The summed E-state index contributed by atoms with van der Waals surface area (Å²) in [5.74, 6) is -0.981. The summed E-state index contributed by atoms with van der Waals surface area (Å²) in [5, 5.41) is 0. The van der Waals surface area contributed by atoms with Crippen LogP contribution in [0.15, 0.2) is 182 Å². The van der Waals surface area contributed by atoms with E-state index in [1.807, 2.05) is 0 Å². The summed E-state index contributed by atoms with van der Waals surface area (Å²) in [5.41, 5.74) is 0. The molecule has 0 spiro atoms. The monoisotopic (exact) mass is 1140 g/mol. The fraction of sp³-hybridized carbons (Fsp3) is 0.571. The molecule has 0 aliphatic carbocycles. The number of carbonyl (C=O) groups excluding carboxylic acids is 3. The first-order valence-electron chi connectivity index (χ1n) is 33.3. The largest absolute Gasteiger partial charge is 0.462 e. The van der Waals surface area contributed by atoms with Gasteiger partial charge in [-0.2, -0.15) is 0 Å². The van der Waals surface area contributed by atoms with Crippen LogP contribution >= 0.6 is 0 Å². The molecule has 1 unspecified atom stereocenters. The highest BCUT2D eigenvalue weighted by Crippen LogP contribution is 2.15. The van der Waals surface area contributed by atoms with Gasteiger partial charge in [0.1, 0.15) is 13.2 Å². The first-order valence-corrected chi connectivity index (χ1v) is 33.3. The summed E-state index contributed by atoms with van der Waals surface area (Å²) in [7, 11) is 0. The Labute approximate surface area is 510 Å². The molecule has 0 aliphatic rings. The van der Waals surface area contributed by atoms with Crippen LogP contribution in [0.3, 0.4) is 0 Å². The summed E-state index contributed by atoms with van der Waals surface area (Å²) in [6, 6.07) is 0. The van der Waals surface area contributed by atoms with Crippen LogP contribution in [0.25, 0.3) is 0 Å². The van der Waals surface area contributed by atoms with Crippen LogP contribution in [0.2, 0.25) is 0 Å². The lowest BCUT2D eigenvalue weighted by Gasteiger charge is -2.18. The van der Waals surface area contributed by atoms with Crippen LogP contribution in [0.5, 0.6) is 0 Å². The average Bonchev–Trinajstić information content (AvgIpc) is 3.49. The van der Waals surface area contributed by atoms with Gasteiger partial charge < -0.3 is 14.2 Å². The van der Waals surface area contributed by atoms with Gasteiger partial charge in [-0.15, -0.1) is 0 Å². The summed E-state index contributed by atoms with van der Waals surface area (Å²) in [4.78, 5) is 38.4. The van der Waals surface area contributed by atoms with Gasteiger partial charge in [0.05, 0.1) is 0 Å². The van der Waals surface area contributed by atoms with Gasteiger partial charge in [-0.25, -0.2) is 0 Å². The zero-order valence-electron chi connectivity index (χ0n) is 53.1. The second-order valence-corrected chi connectivity index (χ2v) is 21.2. The van der Waals surface area contributed by atoms with Gasteiger partial charge in [0.2, 0.25) is 0 Å². The first-order chi connectivity index (χ1) is 41.0. The number of esters is 3. The Bertz CT molecular complexity index is 1940. The number of ether oxygens (including phenoxy) is 3. The smallest absolute Gasteiger partial charge is 0.306 e. The zero-order valence-corrected chi connectivity index (χ0v) is 53.1. The molecule has 0 saturated carbocycles. The lowest BCUT2D eigenvalue weighted by atomic mass is 10.1. The van der Waals surface area contributed by atoms with Gasteiger partial charge in [-0.3, -0.25) is 14.4 Å². The number of allylic oxidation sites excluding steroid dienone is 30. The molecule has 0 aliphatic heterocycles. The van der Waals surface area contributed by atoms with Crippen molar-refractivity contribution in [2.24, 2.45) is 0 Å². The number of hydrogen-bond donors (Lipinski definition) is 0. The zero-order chi connectivity index (χ0) is 59.9. The van der Waals surface area contributed by atoms with E-state index in [0.29, 0.717) is 19.3 Å². The quantitative estimate of drug-likeness (QED) is 0.0261. The van der Waals surface area contributed by atoms with Gasteiger partial charge in [0, 0.05) is 19.3 Å². The van der Waals surface area contributed by atoms with Crippen molar-refractivity contribution in [2.75, 3.05) is 13.2 Å². The summed E-state index contributed by atoms with van der Waals surface area (Å²) >= 11 is 0. The van der Waals surface area contributed by atoms with Crippen molar-refractivity contribution in [2.45, 2.75) is 271 Å². The second kappa shape index (κ2) is 69.0. The molecule has 1 atom stereocenters. The lowest BCUT2D eigenvalue weighted by Crippen LogP contribution is -2.30. The molecule has 0 amide bonds. The van der Waals surface area contributed by atoms with Gasteiger partial charge in [0.15, 0.2) is 6.10 Å². The Morgan fingerprint density at radius 3 is 0.699 bits per heavy atom. The normalized spacial score (nSPS) is 13.3. The van der Waals surface area contributed by atoms with Crippen molar-refractivity contribution >= 4 is 17.9 Å². The molecule has 0 rings (SSSR count). The minimum Gasteiger partial charge on any atom is -0.462 e. The second-order valence-electron chi connectivity index (χ2n) is 21.2. The third kappa shape index (κ3) is 67.2. The van der Waals surface area contributed by atoms with Crippen molar-refractivity contribution in [3.8, 4) is 0 Å². The number of carbonyl (C=O) groups is 3. The molecule has 464 valence electrons. The van der Waals surface area contributed by atoms with E-state index in [2.05, 4.69) is 203 Å². The summed E-state index contributed by atoms with van der Waals surface area (Å²) in [6.45, 7) is 6.24. The van der Waals surface area contributed by atoms with E-state index in [-0.39, 0.29) is 37.5 Å². The van der Waals surface area contributed by atoms with Crippen molar-refractivity contribution < 1.29 is 28.6 Å². The van der Waals surface area contributed by atoms with Crippen molar-refractivity contribution in [3.05, 3.63) is 182 Å². The predicted octanol–water partition coefficient (Wildman–Crippen LogP) is 23.2. The average molecular weight is 1140 g/mol. The molecule has 0 aromatic heterocycles. The number of hydrogen-bond acceptors (Lipinski definition) is 6. The first kappa shape index (κ1) is 77.5. The van der Waals surface area contributed by atoms with Crippen molar-refractivity contribution in [1.82, 2.24) is 0 Å². The van der Waals surface area contributed by atoms with E-state index in [0.717, 1.165) is 173 Å². The lowest BCUT2D eigenvalue weighted by molar-refractivity contribution is -0.167. The van der Waals surface area contributed by atoms with E-state index in [1.54, 1.807) is 0 Å². The van der Waals surface area contributed by atoms with E-state index < -0.39 is 6.10 Å². The molecule has 6 nitrogen and oxygen atoms in total. The minimum atomic E-state index is -0.820. The van der Waals surface area contributed by atoms with Gasteiger partial charge >= 0.3 is 17.9 Å². The van der Waals surface area contributed by atoms with Gasteiger partial charge in [-0.1, -0.05) is 274 Å². The summed E-state index contributed by atoms with van der Waals surface area (Å²) in [6.07, 6.45) is 103. The Balaban J connectivity index is 4.44. The molecule has 6 heteroatoms. The van der Waals surface area contributed by atoms with Gasteiger partial charge in [-0.05, 0) is 154 Å². The maximum absolute atomic E-state index is 12.9. The highest BCUT2D eigenvalue weighted by atomic mass is 16.6. The molecular formula is C77H120O6. The molecule has 0 aromatic rings. The third-order valence-corrected chi connectivity index (χ3v) is 13.4. The maximum Gasteiger partial charge on any atom is 0.306 e. The summed E-state index contributed by atoms with van der Waals surface area (Å²) < 4.78 is 16.9. The molecule has 0 bridgehead atoms. The van der Waals surface area contributed by atoms with E-state index in [1.165, 1.54) is 44.9 Å². The van der Waals surface area contributed by atoms with Crippen LogP contribution < -0.4 is 0 Å². The van der Waals surface area contributed by atoms with Crippen LogP contribution in [0.4, 0.5) is 0 Å². The Hall–Kier alpha value is -5.49. The minimum absolute atomic E-state index is 0.110. The van der Waals surface area contributed by atoms with E-state index >= 15 is 0 Å². The van der Waals surface area contributed by atoms with E-state index in [4.69, 9.17) is 14.2 Å². The topological polar surface area (TPSA) is 78.9 Å². The van der Waals surface area contributed by atoms with Crippen LogP contribution in [0.1, 0.15) is 265 Å². The fourth-order valence-electron chi connectivity index (χ4n) is 8.52. The molecule has 0 fully saturated rings. The van der Waals surface area contributed by atoms with E-state index in [9.17, 15) is 14.4 Å². The maximum atomic E-state index is 12.9. The van der Waals surface area contributed by atoms with Crippen molar-refractivity contribution in [3.63, 3.8) is 0 Å². The molecule has 83 heavy (non-hydrogen) atoms. The highest BCUT2D eigenvalue weighted by molar-refractivity contribution is 5.71. The van der Waals surface area contributed by atoms with Crippen LogP contribution in [0, 0.1) is 0 Å². The van der Waals surface area contributed by atoms with Crippen LogP contribution in [-0.4, -0.2) is 37.2 Å². The molecule has 0 aromatic carbocycles. The number of unbranched alkanes of at least 4 members (excludes halogenated alkanes) is 17. The Kier molecular flexibility index (Phi) is 64.4. The fourth-order valence-corrected chi connectivity index (χ4v) is 8.52. The molecule has 0 saturated heterocycles. The molecule has 0 radical (unpaired) electrons. The molecule has 0 N–H and O–H groups in total. The molecular weight excluding hydrogens is 1020 g/mol. The SMILES string of the molecule is CC/C=C\C/C=C\C/C=C\C/C=C\C/C=C\C/C=C\CCCCCCCCCCCCC(=O)OCC(COC(=O)CCCC/C=C\C/C=C\C/C=C\C/C=C\CC)OC(=O)CCCCCCC/C=C\C/C=C\C/C=C\C/C=C\C/C=C\CC. The van der Waals surface area contributed by atoms with Gasteiger partial charge in [0.25, 0.3) is 0 Å².